The fourth-order valence-corrected chi connectivity index (χ4v) is 2.84. The van der Waals surface area contributed by atoms with E-state index in [-0.39, 0.29) is 5.56 Å². The monoisotopic (exact) mass is 385 g/mol. The molecule has 27 heavy (non-hydrogen) atoms. The van der Waals surface area contributed by atoms with Gasteiger partial charge in [-0.1, -0.05) is 23.7 Å². The number of aromatic nitrogens is 4. The van der Waals surface area contributed by atoms with Crippen molar-refractivity contribution in [1.29, 1.82) is 0 Å². The summed E-state index contributed by atoms with van der Waals surface area (Å²) in [6.07, 6.45) is 4.91. The van der Waals surface area contributed by atoms with Gasteiger partial charge in [0.15, 0.2) is 0 Å². The van der Waals surface area contributed by atoms with Gasteiger partial charge in [-0.15, -0.1) is 0 Å². The van der Waals surface area contributed by atoms with E-state index < -0.39 is 5.91 Å². The van der Waals surface area contributed by atoms with Crippen molar-refractivity contribution >= 4 is 35.0 Å². The van der Waals surface area contributed by atoms with Crippen LogP contribution in [0.2, 0.25) is 5.02 Å². The number of amides is 1. The number of hydrogen-bond donors (Lipinski definition) is 3. The largest absolute Gasteiger partial charge is 0.365 e. The lowest BCUT2D eigenvalue weighted by Gasteiger charge is -2.13. The third-order valence-electron chi connectivity index (χ3n) is 4.05. The van der Waals surface area contributed by atoms with Crippen LogP contribution in [0.4, 0.5) is 17.5 Å². The van der Waals surface area contributed by atoms with Crippen LogP contribution in [0.15, 0.2) is 36.8 Å². The van der Waals surface area contributed by atoms with Gasteiger partial charge in [-0.2, -0.15) is 10.1 Å². The van der Waals surface area contributed by atoms with Crippen molar-refractivity contribution in [1.82, 2.24) is 19.7 Å². The molecule has 0 aliphatic heterocycles. The van der Waals surface area contributed by atoms with Gasteiger partial charge in [0.1, 0.15) is 5.82 Å². The molecule has 1 aromatic carbocycles. The van der Waals surface area contributed by atoms with Crippen LogP contribution in [0.1, 0.15) is 28.4 Å². The molecule has 0 fully saturated rings. The van der Waals surface area contributed by atoms with Crippen molar-refractivity contribution in [2.75, 3.05) is 10.6 Å². The number of carbonyl (C=O) groups is 1. The molecule has 0 bridgehead atoms. The van der Waals surface area contributed by atoms with Crippen LogP contribution in [-0.4, -0.2) is 25.7 Å². The predicted molar refractivity (Wildman–Crippen MR) is 105 cm³/mol. The Kier molecular flexibility index (Phi) is 5.56. The molecule has 0 saturated heterocycles. The number of nitrogens with zero attached hydrogens (tertiary/aromatic N) is 4. The summed E-state index contributed by atoms with van der Waals surface area (Å²) in [5.74, 6) is 0.0509. The molecular weight excluding hydrogens is 366 g/mol. The van der Waals surface area contributed by atoms with Gasteiger partial charge in [-0.25, -0.2) is 4.98 Å². The van der Waals surface area contributed by atoms with E-state index in [1.54, 1.807) is 10.9 Å². The predicted octanol–water partition coefficient (Wildman–Crippen LogP) is 3.11. The number of carbonyl (C=O) groups excluding carboxylic acids is 1. The van der Waals surface area contributed by atoms with E-state index in [4.69, 9.17) is 17.3 Å². The molecule has 3 aromatic rings. The van der Waals surface area contributed by atoms with Crippen LogP contribution >= 0.6 is 11.6 Å². The van der Waals surface area contributed by atoms with E-state index in [0.29, 0.717) is 23.3 Å². The average molecular weight is 386 g/mol. The minimum atomic E-state index is -0.612. The van der Waals surface area contributed by atoms with Crippen molar-refractivity contribution in [3.05, 3.63) is 58.5 Å². The van der Waals surface area contributed by atoms with Gasteiger partial charge in [0.2, 0.25) is 5.95 Å². The van der Waals surface area contributed by atoms with Crippen LogP contribution < -0.4 is 16.4 Å². The highest BCUT2D eigenvalue weighted by molar-refractivity contribution is 6.31. The molecular formula is C18H20ClN7O. The van der Waals surface area contributed by atoms with Gasteiger partial charge in [0.25, 0.3) is 5.91 Å². The zero-order chi connectivity index (χ0) is 19.4. The fourth-order valence-electron chi connectivity index (χ4n) is 2.55. The molecule has 0 aliphatic carbocycles. The lowest BCUT2D eigenvalue weighted by Crippen LogP contribution is -2.17. The van der Waals surface area contributed by atoms with Gasteiger partial charge < -0.3 is 16.4 Å². The molecule has 4 N–H and O–H groups in total. The number of aryl methyl sites for hydroxylation is 2. The minimum absolute atomic E-state index is 0.203. The molecule has 2 heterocycles. The van der Waals surface area contributed by atoms with Crippen molar-refractivity contribution < 1.29 is 4.79 Å². The zero-order valence-electron chi connectivity index (χ0n) is 15.0. The molecule has 2 aromatic heterocycles. The van der Waals surface area contributed by atoms with Gasteiger partial charge in [-0.3, -0.25) is 9.48 Å². The minimum Gasteiger partial charge on any atom is -0.365 e. The summed E-state index contributed by atoms with van der Waals surface area (Å²) in [5, 5.41) is 11.0. The summed E-state index contributed by atoms with van der Waals surface area (Å²) in [7, 11) is 0. The molecule has 8 nitrogen and oxygen atoms in total. The second-order valence-electron chi connectivity index (χ2n) is 5.92. The number of nitrogens with two attached hydrogens (primary N) is 1. The van der Waals surface area contributed by atoms with Crippen molar-refractivity contribution in [2.45, 2.75) is 26.9 Å². The second kappa shape index (κ2) is 8.05. The highest BCUT2D eigenvalue weighted by atomic mass is 35.5. The number of halogens is 1. The summed E-state index contributed by atoms with van der Waals surface area (Å²) < 4.78 is 1.78. The number of nitrogens with one attached hydrogen (secondary N) is 2. The van der Waals surface area contributed by atoms with E-state index >= 15 is 0 Å². The van der Waals surface area contributed by atoms with E-state index in [9.17, 15) is 4.79 Å². The maximum atomic E-state index is 11.7. The zero-order valence-corrected chi connectivity index (χ0v) is 15.8. The Morgan fingerprint density at radius 1 is 1.33 bits per heavy atom. The van der Waals surface area contributed by atoms with E-state index in [2.05, 4.69) is 25.7 Å². The molecule has 0 spiro atoms. The van der Waals surface area contributed by atoms with Gasteiger partial charge in [-0.05, 0) is 31.0 Å². The number of primary amides is 1. The first kappa shape index (κ1) is 18.7. The smallest absolute Gasteiger partial charge is 0.254 e. The number of rotatable bonds is 7. The van der Waals surface area contributed by atoms with E-state index in [0.717, 1.165) is 23.4 Å². The molecule has 0 aliphatic rings. The summed E-state index contributed by atoms with van der Waals surface area (Å²) in [4.78, 5) is 20.3. The average Bonchev–Trinajstić information content (AvgIpc) is 3.09. The van der Waals surface area contributed by atoms with Crippen LogP contribution in [0, 0.1) is 6.92 Å². The first-order valence-corrected chi connectivity index (χ1v) is 8.80. The van der Waals surface area contributed by atoms with Crippen LogP contribution in [0.3, 0.4) is 0 Å². The number of benzene rings is 1. The molecule has 140 valence electrons. The third-order valence-corrected chi connectivity index (χ3v) is 4.41. The Labute approximate surface area is 161 Å². The molecule has 0 unspecified atom stereocenters. The number of hydrogen-bond acceptors (Lipinski definition) is 6. The summed E-state index contributed by atoms with van der Waals surface area (Å²) >= 11 is 6.27. The third kappa shape index (κ3) is 4.35. The number of anilines is 3. The molecule has 0 radical (unpaired) electrons. The maximum absolute atomic E-state index is 11.7. The van der Waals surface area contributed by atoms with Gasteiger partial charge in [0.05, 0.1) is 17.4 Å². The topological polar surface area (TPSA) is 111 Å². The standard InChI is InChI=1S/C18H20ClN7O/c1-3-26-10-12(7-23-26)24-18-22-9-14(16(20)27)17(25-18)21-8-13-11(2)5-4-6-15(13)19/h4-7,9-10H,3,8H2,1-2H3,(H2,20,27)(H2,21,22,24,25). The van der Waals surface area contributed by atoms with Crippen LogP contribution in [0.25, 0.3) is 0 Å². The molecule has 0 saturated carbocycles. The lowest BCUT2D eigenvalue weighted by atomic mass is 10.1. The molecule has 9 heteroatoms. The Hall–Kier alpha value is -3.13. The van der Waals surface area contributed by atoms with Crippen molar-refractivity contribution in [3.8, 4) is 0 Å². The van der Waals surface area contributed by atoms with Crippen LogP contribution in [0.5, 0.6) is 0 Å². The van der Waals surface area contributed by atoms with E-state index in [1.807, 2.05) is 38.2 Å². The SMILES string of the molecule is CCn1cc(Nc2ncc(C(N)=O)c(NCc3c(C)cccc3Cl)n2)cn1. The first-order chi connectivity index (χ1) is 13.0. The molecule has 0 atom stereocenters. The lowest BCUT2D eigenvalue weighted by molar-refractivity contribution is 0.100. The highest BCUT2D eigenvalue weighted by Crippen LogP contribution is 2.22. The summed E-state index contributed by atoms with van der Waals surface area (Å²) in [5.41, 5.74) is 8.36. The Balaban J connectivity index is 1.84. The second-order valence-corrected chi connectivity index (χ2v) is 6.33. The van der Waals surface area contributed by atoms with Crippen molar-refractivity contribution in [3.63, 3.8) is 0 Å². The highest BCUT2D eigenvalue weighted by Gasteiger charge is 2.14. The van der Waals surface area contributed by atoms with Crippen molar-refractivity contribution in [2.24, 2.45) is 5.73 Å². The molecule has 1 amide bonds. The molecule has 3 rings (SSSR count). The fraction of sp³-hybridized carbons (Fsp3) is 0.222. The Bertz CT molecular complexity index is 950. The van der Waals surface area contributed by atoms with Gasteiger partial charge >= 0.3 is 0 Å². The van der Waals surface area contributed by atoms with E-state index in [1.165, 1.54) is 6.20 Å². The van der Waals surface area contributed by atoms with Gasteiger partial charge in [0, 0.05) is 30.5 Å². The quantitative estimate of drug-likeness (QED) is 0.576. The van der Waals surface area contributed by atoms with Crippen LogP contribution in [-0.2, 0) is 13.1 Å². The Morgan fingerprint density at radius 2 is 2.15 bits per heavy atom. The normalized spacial score (nSPS) is 10.6. The summed E-state index contributed by atoms with van der Waals surface area (Å²) in [6, 6.07) is 5.67. The maximum Gasteiger partial charge on any atom is 0.254 e. The first-order valence-electron chi connectivity index (χ1n) is 8.42. The Morgan fingerprint density at radius 3 is 2.81 bits per heavy atom. The summed E-state index contributed by atoms with van der Waals surface area (Å²) in [6.45, 7) is 5.12.